The van der Waals surface area contributed by atoms with Crippen LogP contribution in [0.3, 0.4) is 0 Å². The summed E-state index contributed by atoms with van der Waals surface area (Å²) >= 11 is 0. The first kappa shape index (κ1) is 22.5. The lowest BCUT2D eigenvalue weighted by molar-refractivity contribution is 0.0952. The number of rotatable bonds is 11. The van der Waals surface area contributed by atoms with Crippen molar-refractivity contribution in [3.05, 3.63) is 60.2 Å². The minimum atomic E-state index is -0.106. The molecule has 1 aromatic carbocycles. The van der Waals surface area contributed by atoms with Gasteiger partial charge in [-0.1, -0.05) is 0 Å². The molecule has 0 radical (unpaired) electrons. The molecule has 3 aromatic heterocycles. The Hall–Kier alpha value is -3.72. The summed E-state index contributed by atoms with van der Waals surface area (Å²) in [6.07, 6.45) is 6.77. The van der Waals surface area contributed by atoms with Gasteiger partial charge in [-0.05, 0) is 44.0 Å². The molecule has 172 valence electrons. The standard InChI is InChI=1S/C24H28N6O3/c1-17-15-28-23-22(26-10-3-4-11-27-24(31)18-6-5-9-25-16-18)29-20-14-19(33-13-12-32-2)7-8-21(20)30(17)23/h5-9,14-16H,3-4,10-13H2,1-2H3,(H,26,29)(H,27,31). The van der Waals surface area contributed by atoms with Gasteiger partial charge in [-0.15, -0.1) is 0 Å². The summed E-state index contributed by atoms with van der Waals surface area (Å²) in [7, 11) is 1.65. The number of aromatic nitrogens is 4. The van der Waals surface area contributed by atoms with Gasteiger partial charge in [-0.2, -0.15) is 0 Å². The Morgan fingerprint density at radius 3 is 2.82 bits per heavy atom. The van der Waals surface area contributed by atoms with Crippen molar-refractivity contribution in [2.45, 2.75) is 19.8 Å². The maximum Gasteiger partial charge on any atom is 0.252 e. The van der Waals surface area contributed by atoms with Gasteiger partial charge in [0.1, 0.15) is 12.4 Å². The maximum absolute atomic E-state index is 12.1. The highest BCUT2D eigenvalue weighted by molar-refractivity contribution is 5.93. The number of benzene rings is 1. The highest BCUT2D eigenvalue weighted by atomic mass is 16.5. The van der Waals surface area contributed by atoms with E-state index in [2.05, 4.69) is 25.0 Å². The van der Waals surface area contributed by atoms with Crippen LogP contribution in [0.25, 0.3) is 16.7 Å². The van der Waals surface area contributed by atoms with Crippen LogP contribution in [0, 0.1) is 6.92 Å². The first-order valence-electron chi connectivity index (χ1n) is 11.0. The summed E-state index contributed by atoms with van der Waals surface area (Å²) in [6.45, 7) is 4.35. The zero-order chi connectivity index (χ0) is 23.0. The van der Waals surface area contributed by atoms with Crippen LogP contribution in [0.2, 0.25) is 0 Å². The van der Waals surface area contributed by atoms with Crippen molar-refractivity contribution in [1.29, 1.82) is 0 Å². The molecule has 1 amide bonds. The van der Waals surface area contributed by atoms with Gasteiger partial charge in [0.2, 0.25) is 0 Å². The van der Waals surface area contributed by atoms with E-state index in [1.807, 2.05) is 31.3 Å². The quantitative estimate of drug-likeness (QED) is 0.340. The van der Waals surface area contributed by atoms with Crippen molar-refractivity contribution >= 4 is 28.4 Å². The minimum absolute atomic E-state index is 0.106. The number of pyridine rings is 1. The average Bonchev–Trinajstić information content (AvgIpc) is 3.23. The largest absolute Gasteiger partial charge is 0.491 e. The summed E-state index contributed by atoms with van der Waals surface area (Å²) in [5.74, 6) is 1.37. The lowest BCUT2D eigenvalue weighted by atomic mass is 10.2. The zero-order valence-corrected chi connectivity index (χ0v) is 18.9. The normalized spacial score (nSPS) is 11.1. The third kappa shape index (κ3) is 5.38. The molecule has 0 saturated carbocycles. The van der Waals surface area contributed by atoms with Crippen molar-refractivity contribution in [2.75, 3.05) is 38.7 Å². The van der Waals surface area contributed by atoms with Crippen molar-refractivity contribution in [3.8, 4) is 5.75 Å². The van der Waals surface area contributed by atoms with Crippen LogP contribution in [-0.4, -0.2) is 58.7 Å². The lowest BCUT2D eigenvalue weighted by Crippen LogP contribution is -2.24. The Balaban J connectivity index is 1.38. The molecule has 0 spiro atoms. The summed E-state index contributed by atoms with van der Waals surface area (Å²) < 4.78 is 12.9. The molecule has 9 nitrogen and oxygen atoms in total. The Morgan fingerprint density at radius 1 is 1.12 bits per heavy atom. The number of anilines is 1. The fraction of sp³-hybridized carbons (Fsp3) is 0.333. The number of nitrogens with zero attached hydrogens (tertiary/aromatic N) is 4. The number of carbonyl (C=O) groups is 1. The number of unbranched alkanes of at least 4 members (excludes halogenated alkanes) is 1. The highest BCUT2D eigenvalue weighted by Gasteiger charge is 2.12. The minimum Gasteiger partial charge on any atom is -0.491 e. The molecule has 3 heterocycles. The Morgan fingerprint density at radius 2 is 2.00 bits per heavy atom. The van der Waals surface area contributed by atoms with Crippen LogP contribution >= 0.6 is 0 Å². The fourth-order valence-corrected chi connectivity index (χ4v) is 3.57. The molecule has 0 aliphatic rings. The van der Waals surface area contributed by atoms with E-state index in [0.717, 1.165) is 46.8 Å². The molecule has 4 aromatic rings. The van der Waals surface area contributed by atoms with Crippen LogP contribution in [-0.2, 0) is 4.74 Å². The van der Waals surface area contributed by atoms with Gasteiger partial charge in [0.25, 0.3) is 5.91 Å². The number of nitrogens with one attached hydrogen (secondary N) is 2. The van der Waals surface area contributed by atoms with E-state index in [9.17, 15) is 4.79 Å². The highest BCUT2D eigenvalue weighted by Crippen LogP contribution is 2.26. The monoisotopic (exact) mass is 448 g/mol. The van der Waals surface area contributed by atoms with E-state index in [4.69, 9.17) is 14.5 Å². The SMILES string of the molecule is COCCOc1ccc2c(c1)nc(NCCCCNC(=O)c1cccnc1)c1ncc(C)n12. The first-order chi connectivity index (χ1) is 16.2. The van der Waals surface area contributed by atoms with Gasteiger partial charge in [0, 0.05) is 50.6 Å². The summed E-state index contributed by atoms with van der Waals surface area (Å²) in [5, 5.41) is 6.33. The molecule has 0 fully saturated rings. The van der Waals surface area contributed by atoms with Crippen LogP contribution < -0.4 is 15.4 Å². The molecule has 0 unspecified atom stereocenters. The predicted octanol–water partition coefficient (Wildman–Crippen LogP) is 3.23. The Kier molecular flexibility index (Phi) is 7.31. The lowest BCUT2D eigenvalue weighted by Gasteiger charge is -2.12. The summed E-state index contributed by atoms with van der Waals surface area (Å²) in [6, 6.07) is 9.37. The van der Waals surface area contributed by atoms with Gasteiger partial charge >= 0.3 is 0 Å². The average molecular weight is 449 g/mol. The first-order valence-corrected chi connectivity index (χ1v) is 11.0. The number of amides is 1. The molecule has 0 saturated heterocycles. The van der Waals surface area contributed by atoms with Gasteiger partial charge < -0.3 is 20.1 Å². The Bertz CT molecular complexity index is 1230. The number of methoxy groups -OCH3 is 1. The van der Waals surface area contributed by atoms with E-state index in [-0.39, 0.29) is 5.91 Å². The van der Waals surface area contributed by atoms with Gasteiger partial charge in [0.15, 0.2) is 11.5 Å². The number of imidazole rings is 1. The van der Waals surface area contributed by atoms with Crippen molar-refractivity contribution < 1.29 is 14.3 Å². The van der Waals surface area contributed by atoms with Crippen molar-refractivity contribution in [1.82, 2.24) is 24.7 Å². The molecule has 4 rings (SSSR count). The van der Waals surface area contributed by atoms with Gasteiger partial charge in [-0.3, -0.25) is 14.2 Å². The second-order valence-electron chi connectivity index (χ2n) is 7.64. The molecule has 9 heteroatoms. The second-order valence-corrected chi connectivity index (χ2v) is 7.64. The van der Waals surface area contributed by atoms with Crippen LogP contribution in [0.4, 0.5) is 5.82 Å². The van der Waals surface area contributed by atoms with Gasteiger partial charge in [0.05, 0.1) is 23.2 Å². The second kappa shape index (κ2) is 10.7. The van der Waals surface area contributed by atoms with Gasteiger partial charge in [-0.25, -0.2) is 9.97 Å². The maximum atomic E-state index is 12.1. The number of aryl methyl sites for hydroxylation is 1. The van der Waals surface area contributed by atoms with E-state index >= 15 is 0 Å². The summed E-state index contributed by atoms with van der Waals surface area (Å²) in [4.78, 5) is 25.4. The molecule has 0 aliphatic heterocycles. The summed E-state index contributed by atoms with van der Waals surface area (Å²) in [5.41, 5.74) is 4.19. The molecule has 0 aliphatic carbocycles. The van der Waals surface area contributed by atoms with Crippen LogP contribution in [0.5, 0.6) is 5.75 Å². The third-order valence-electron chi connectivity index (χ3n) is 5.23. The molecular formula is C24H28N6O3. The molecule has 0 bridgehead atoms. The Labute approximate surface area is 192 Å². The molecular weight excluding hydrogens is 420 g/mol. The number of ether oxygens (including phenoxy) is 2. The third-order valence-corrected chi connectivity index (χ3v) is 5.23. The van der Waals surface area contributed by atoms with E-state index in [1.165, 1.54) is 0 Å². The smallest absolute Gasteiger partial charge is 0.252 e. The van der Waals surface area contributed by atoms with E-state index in [1.54, 1.807) is 31.6 Å². The van der Waals surface area contributed by atoms with Crippen molar-refractivity contribution in [3.63, 3.8) is 0 Å². The van der Waals surface area contributed by atoms with Crippen LogP contribution in [0.15, 0.2) is 48.9 Å². The number of fused-ring (bicyclic) bond motifs is 3. The van der Waals surface area contributed by atoms with E-state index in [0.29, 0.717) is 31.9 Å². The van der Waals surface area contributed by atoms with E-state index < -0.39 is 0 Å². The molecule has 0 atom stereocenters. The number of hydrogen-bond acceptors (Lipinski definition) is 7. The predicted molar refractivity (Wildman–Crippen MR) is 127 cm³/mol. The van der Waals surface area contributed by atoms with Crippen LogP contribution in [0.1, 0.15) is 28.9 Å². The number of carbonyl (C=O) groups excluding carboxylic acids is 1. The zero-order valence-electron chi connectivity index (χ0n) is 18.9. The fourth-order valence-electron chi connectivity index (χ4n) is 3.57. The molecule has 2 N–H and O–H groups in total. The number of hydrogen-bond donors (Lipinski definition) is 2. The van der Waals surface area contributed by atoms with Crippen molar-refractivity contribution in [2.24, 2.45) is 0 Å². The topological polar surface area (TPSA) is 103 Å². The molecule has 33 heavy (non-hydrogen) atoms.